The lowest BCUT2D eigenvalue weighted by atomic mass is 10.1. The summed E-state index contributed by atoms with van der Waals surface area (Å²) < 4.78 is 53.7. The van der Waals surface area contributed by atoms with E-state index in [1.54, 1.807) is 73.7 Å². The van der Waals surface area contributed by atoms with Crippen molar-refractivity contribution in [3.05, 3.63) is 126 Å². The molecule has 0 unspecified atom stereocenters. The number of ether oxygens (including phenoxy) is 4. The number of carbonyl (C=O) groups excluding carboxylic acids is 1. The molecule has 6 N–H and O–H groups in total. The molecule has 0 bridgehead atoms. The Morgan fingerprint density at radius 1 is 1.00 bits per heavy atom. The lowest BCUT2D eigenvalue weighted by Crippen LogP contribution is -2.29. The topological polar surface area (TPSA) is 272 Å². The Morgan fingerprint density at radius 2 is 1.77 bits per heavy atom. The van der Waals surface area contributed by atoms with Crippen LogP contribution < -0.4 is 20.5 Å². The number of H-pyrrole nitrogens is 1. The number of nitrogens with zero attached hydrogens (tertiary/aromatic N) is 7. The van der Waals surface area contributed by atoms with Gasteiger partial charge in [0.05, 0.1) is 25.5 Å². The molecule has 0 aliphatic rings. The highest BCUT2D eigenvalue weighted by atomic mass is 32.2. The zero-order valence-electron chi connectivity index (χ0n) is 29.9. The van der Waals surface area contributed by atoms with E-state index in [1.165, 1.54) is 25.6 Å². The van der Waals surface area contributed by atoms with Crippen LogP contribution in [-0.2, 0) is 42.2 Å². The number of nitrogens with one attached hydrogen (secondary N) is 2. The quantitative estimate of drug-likeness (QED) is 0.0201. The van der Waals surface area contributed by atoms with Gasteiger partial charge in [0.15, 0.2) is 22.4 Å². The van der Waals surface area contributed by atoms with Crippen LogP contribution in [0.2, 0.25) is 0 Å². The van der Waals surface area contributed by atoms with Crippen molar-refractivity contribution in [2.75, 3.05) is 20.3 Å². The summed E-state index contributed by atoms with van der Waals surface area (Å²) in [6, 6.07) is 19.2. The first-order valence-corrected chi connectivity index (χ1v) is 17.8. The van der Waals surface area contributed by atoms with Gasteiger partial charge >= 0.3 is 16.0 Å². The lowest BCUT2D eigenvalue weighted by molar-refractivity contribution is -0.497. The zero-order chi connectivity index (χ0) is 40.1. The maximum absolute atomic E-state index is 13.4. The van der Waals surface area contributed by atoms with E-state index in [0.717, 1.165) is 5.56 Å². The summed E-state index contributed by atoms with van der Waals surface area (Å²) in [6.07, 6.45) is 2.72. The summed E-state index contributed by atoms with van der Waals surface area (Å²) >= 11 is 0. The number of esters is 1. The minimum atomic E-state index is -4.49. The van der Waals surface area contributed by atoms with Crippen molar-refractivity contribution in [3.63, 3.8) is 0 Å². The minimum absolute atomic E-state index is 0.107. The Morgan fingerprint density at radius 3 is 2.48 bits per heavy atom. The highest BCUT2D eigenvalue weighted by Gasteiger charge is 2.24. The molecular weight excluding hydrogens is 753 g/mol. The number of aromatic amines is 1. The van der Waals surface area contributed by atoms with Crippen LogP contribution in [0.1, 0.15) is 22.3 Å². The molecule has 292 valence electrons. The van der Waals surface area contributed by atoms with Crippen LogP contribution in [-0.4, -0.2) is 86.9 Å². The van der Waals surface area contributed by atoms with Gasteiger partial charge in [-0.3, -0.25) is 20.2 Å². The standard InChI is InChI=1S/C35H36N10O10S/c1-22-11-12-30(38-20-22)56(49,50)42-33(36)32(55-29-10-5-4-9-28(29)51-3)35(39-23(2)26-13-14-37-27(19-26)34-40-43-44-41-34)53-16-15-52-31(46)18-24-7-6-8-25(17-24)21-54-45(47)48/h4-14,17,19-20,39,47-48H,2,15-16,18,21H2,1,3H3,(H2,36,42)(H,40,41,43,44). The molecule has 0 amide bonds. The summed E-state index contributed by atoms with van der Waals surface area (Å²) in [5.74, 6) is -1.38. The fourth-order valence-electron chi connectivity index (χ4n) is 4.71. The number of tetrazole rings is 1. The fourth-order valence-corrected chi connectivity index (χ4v) is 5.57. The number of pyridine rings is 2. The molecule has 0 radical (unpaired) electrons. The molecule has 5 rings (SSSR count). The van der Waals surface area contributed by atoms with Crippen LogP contribution in [0.25, 0.3) is 17.2 Å². The van der Waals surface area contributed by atoms with Gasteiger partial charge < -0.3 is 30.0 Å². The van der Waals surface area contributed by atoms with E-state index >= 15 is 0 Å². The minimum Gasteiger partial charge on any atom is -0.493 e. The summed E-state index contributed by atoms with van der Waals surface area (Å²) in [4.78, 5) is 25.6. The number of hydrogen-bond donors (Lipinski definition) is 5. The van der Waals surface area contributed by atoms with E-state index in [4.69, 9.17) is 35.1 Å². The molecule has 0 saturated heterocycles. The van der Waals surface area contributed by atoms with Gasteiger partial charge in [0, 0.05) is 23.7 Å². The zero-order valence-corrected chi connectivity index (χ0v) is 30.7. The van der Waals surface area contributed by atoms with Gasteiger partial charge in [-0.15, -0.1) is 14.6 Å². The number of carbonyl (C=O) groups is 1. The highest BCUT2D eigenvalue weighted by Crippen LogP contribution is 2.29. The maximum Gasteiger partial charge on any atom is 0.310 e. The third kappa shape index (κ3) is 11.4. The van der Waals surface area contributed by atoms with Gasteiger partial charge in [0.2, 0.25) is 17.5 Å². The van der Waals surface area contributed by atoms with E-state index in [9.17, 15) is 13.2 Å². The molecule has 21 heteroatoms. The molecule has 0 spiro atoms. The van der Waals surface area contributed by atoms with Crippen LogP contribution in [0.3, 0.4) is 0 Å². The third-order valence-electron chi connectivity index (χ3n) is 7.31. The van der Waals surface area contributed by atoms with E-state index in [1.807, 2.05) is 0 Å². The fraction of sp³-hybridized carbons (Fsp3) is 0.171. The van der Waals surface area contributed by atoms with E-state index in [2.05, 4.69) is 51.7 Å². The Hall–Kier alpha value is -6.78. The highest BCUT2D eigenvalue weighted by molar-refractivity contribution is 7.90. The van der Waals surface area contributed by atoms with Crippen molar-refractivity contribution in [2.24, 2.45) is 10.1 Å². The number of aryl methyl sites for hydroxylation is 1. The van der Waals surface area contributed by atoms with Crippen molar-refractivity contribution >= 4 is 27.5 Å². The number of methoxy groups -OCH3 is 1. The number of amidine groups is 1. The molecule has 56 heavy (non-hydrogen) atoms. The van der Waals surface area contributed by atoms with Crippen molar-refractivity contribution in [1.29, 1.82) is 0 Å². The van der Waals surface area contributed by atoms with Crippen LogP contribution in [0.15, 0.2) is 113 Å². The number of rotatable bonds is 19. The van der Waals surface area contributed by atoms with Gasteiger partial charge in [-0.1, -0.05) is 49.0 Å². The number of nitrogens with two attached hydrogens (primary N) is 1. The summed E-state index contributed by atoms with van der Waals surface area (Å²) in [5, 5.41) is 33.6. The van der Waals surface area contributed by atoms with E-state index in [0.29, 0.717) is 22.4 Å². The predicted molar refractivity (Wildman–Crippen MR) is 195 cm³/mol. The molecule has 0 atom stereocenters. The molecule has 2 aromatic carbocycles. The second-order valence-electron chi connectivity index (χ2n) is 11.4. The molecule has 0 fully saturated rings. The smallest absolute Gasteiger partial charge is 0.310 e. The largest absolute Gasteiger partial charge is 0.493 e. The Bertz CT molecular complexity index is 2300. The maximum atomic E-state index is 13.4. The molecule has 3 aromatic heterocycles. The van der Waals surface area contributed by atoms with Crippen LogP contribution in [0.5, 0.6) is 11.5 Å². The molecule has 20 nitrogen and oxygen atoms in total. The van der Waals surface area contributed by atoms with Gasteiger partial charge in [-0.2, -0.15) is 13.6 Å². The summed E-state index contributed by atoms with van der Waals surface area (Å²) in [6.45, 7) is 5.09. The number of hydrogen-bond acceptors (Lipinski definition) is 17. The predicted octanol–water partition coefficient (Wildman–Crippen LogP) is 2.84. The Balaban J connectivity index is 1.46. The number of para-hydroxylation sites is 2. The lowest BCUT2D eigenvalue weighted by Gasteiger charge is -2.20. The number of sulfonamides is 1. The molecule has 3 heterocycles. The van der Waals surface area contributed by atoms with Crippen molar-refractivity contribution in [3.8, 4) is 23.0 Å². The summed E-state index contributed by atoms with van der Waals surface area (Å²) in [5.41, 5.74) is 9.27. The van der Waals surface area contributed by atoms with Crippen LogP contribution in [0.4, 0.5) is 0 Å². The SMILES string of the molecule is C=C(NC(OCCOC(=O)Cc1cccc(CON(O)O)c1)=C(Oc1ccccc1OC)C(N)=NS(=O)(=O)c1ccc(C)cn1)c1ccnc(-c2nn[nH]n2)c1. The van der Waals surface area contributed by atoms with Gasteiger partial charge in [0.25, 0.3) is 0 Å². The first kappa shape index (κ1) is 40.4. The van der Waals surface area contributed by atoms with Crippen molar-refractivity contribution in [2.45, 2.75) is 25.0 Å². The van der Waals surface area contributed by atoms with E-state index < -0.39 is 33.0 Å². The monoisotopic (exact) mass is 788 g/mol. The number of benzene rings is 2. The van der Waals surface area contributed by atoms with Crippen LogP contribution >= 0.6 is 0 Å². The summed E-state index contributed by atoms with van der Waals surface area (Å²) in [7, 11) is -3.07. The first-order chi connectivity index (χ1) is 26.9. The third-order valence-corrected chi connectivity index (χ3v) is 8.52. The van der Waals surface area contributed by atoms with Gasteiger partial charge in [0.1, 0.15) is 18.9 Å². The second kappa shape index (κ2) is 19.0. The van der Waals surface area contributed by atoms with Gasteiger partial charge in [-0.05, 0) is 59.2 Å². The normalized spacial score (nSPS) is 12.1. The molecule has 5 aromatic rings. The second-order valence-corrected chi connectivity index (χ2v) is 12.9. The first-order valence-electron chi connectivity index (χ1n) is 16.3. The Labute approximate surface area is 319 Å². The molecule has 0 aliphatic carbocycles. The van der Waals surface area contributed by atoms with E-state index in [-0.39, 0.29) is 60.2 Å². The average Bonchev–Trinajstić information content (AvgIpc) is 3.73. The van der Waals surface area contributed by atoms with Crippen molar-refractivity contribution < 1.29 is 47.4 Å². The van der Waals surface area contributed by atoms with Gasteiger partial charge in [-0.25, -0.2) is 9.82 Å². The molecular formula is C35H36N10O10S. The average molecular weight is 789 g/mol. The number of aromatic nitrogens is 6. The molecule has 0 saturated carbocycles. The Kier molecular flexibility index (Phi) is 13.7. The van der Waals surface area contributed by atoms with Crippen LogP contribution in [0, 0.1) is 6.92 Å². The molecule has 0 aliphatic heterocycles. The van der Waals surface area contributed by atoms with Crippen molar-refractivity contribution in [1.82, 2.24) is 41.3 Å².